The van der Waals surface area contributed by atoms with E-state index in [1.165, 1.54) is 0 Å². The van der Waals surface area contributed by atoms with Gasteiger partial charge in [-0.25, -0.2) is 0 Å². The Morgan fingerprint density at radius 2 is 2.12 bits per heavy atom. The van der Waals surface area contributed by atoms with Crippen molar-refractivity contribution in [2.24, 2.45) is 0 Å². The van der Waals surface area contributed by atoms with Gasteiger partial charge in [0.05, 0.1) is 32.1 Å². The molecule has 0 aliphatic carbocycles. The minimum Gasteiger partial charge on any atom is -0.497 e. The largest absolute Gasteiger partial charge is 0.497 e. The summed E-state index contributed by atoms with van der Waals surface area (Å²) in [5.41, 5.74) is 3.80. The van der Waals surface area contributed by atoms with Crippen molar-refractivity contribution in [2.45, 2.75) is 25.2 Å². The number of fused-ring (bicyclic) bond motifs is 1. The van der Waals surface area contributed by atoms with Crippen LogP contribution in [0.25, 0.3) is 0 Å². The number of carbonyl (C=O) groups excluding carboxylic acids is 1. The van der Waals surface area contributed by atoms with Gasteiger partial charge < -0.3 is 14.8 Å². The lowest BCUT2D eigenvalue weighted by atomic mass is 9.82. The van der Waals surface area contributed by atoms with E-state index in [-0.39, 0.29) is 24.2 Å². The van der Waals surface area contributed by atoms with E-state index < -0.39 is 0 Å². The maximum Gasteiger partial charge on any atom is 0.306 e. The number of hydrogen-bond acceptors (Lipinski definition) is 5. The molecule has 0 bridgehead atoms. The summed E-state index contributed by atoms with van der Waals surface area (Å²) in [5, 5.41) is 12.9. The number of ether oxygens (including phenoxy) is 2. The zero-order valence-corrected chi connectivity index (χ0v) is 15.0. The van der Waals surface area contributed by atoms with Crippen molar-refractivity contribution in [3.05, 3.63) is 59.2 Å². The molecular weight excluding hydrogens is 328 g/mol. The van der Waals surface area contributed by atoms with Crippen LogP contribution in [0.2, 0.25) is 0 Å². The Bertz CT molecular complexity index is 827. The molecule has 1 aliphatic heterocycles. The van der Waals surface area contributed by atoms with Crippen molar-refractivity contribution in [3.8, 4) is 11.8 Å². The summed E-state index contributed by atoms with van der Waals surface area (Å²) >= 11 is 0. The average molecular weight is 350 g/mol. The van der Waals surface area contributed by atoms with Crippen molar-refractivity contribution < 1.29 is 14.3 Å². The third kappa shape index (κ3) is 3.50. The average Bonchev–Trinajstić information content (AvgIpc) is 3.09. The number of hydrogen-bond donors (Lipinski definition) is 1. The van der Waals surface area contributed by atoms with Gasteiger partial charge in [-0.3, -0.25) is 4.79 Å². The van der Waals surface area contributed by atoms with E-state index in [9.17, 15) is 10.1 Å². The van der Waals surface area contributed by atoms with Crippen LogP contribution in [0, 0.1) is 11.3 Å². The molecule has 0 amide bonds. The van der Waals surface area contributed by atoms with Crippen LogP contribution >= 0.6 is 0 Å². The van der Waals surface area contributed by atoms with Crippen molar-refractivity contribution in [1.29, 1.82) is 5.26 Å². The highest BCUT2D eigenvalue weighted by atomic mass is 16.5. The summed E-state index contributed by atoms with van der Waals surface area (Å²) in [7, 11) is 1.62. The third-order valence-electron chi connectivity index (χ3n) is 4.68. The van der Waals surface area contributed by atoms with Crippen molar-refractivity contribution in [2.75, 3.05) is 25.6 Å². The molecule has 0 fully saturated rings. The number of benzene rings is 2. The molecule has 0 radical (unpaired) electrons. The van der Waals surface area contributed by atoms with Crippen LogP contribution in [0.5, 0.6) is 5.75 Å². The van der Waals surface area contributed by atoms with Crippen LogP contribution < -0.4 is 10.1 Å². The highest BCUT2D eigenvalue weighted by Crippen LogP contribution is 2.43. The summed E-state index contributed by atoms with van der Waals surface area (Å²) in [4.78, 5) is 12.3. The third-order valence-corrected chi connectivity index (χ3v) is 4.68. The fourth-order valence-corrected chi connectivity index (χ4v) is 3.49. The Morgan fingerprint density at radius 3 is 2.77 bits per heavy atom. The quantitative estimate of drug-likeness (QED) is 0.802. The normalized spacial score (nSPS) is 16.1. The molecule has 2 aromatic carbocycles. The minimum absolute atomic E-state index is 0.199. The van der Waals surface area contributed by atoms with E-state index in [0.717, 1.165) is 22.4 Å². The number of methoxy groups -OCH3 is 1. The van der Waals surface area contributed by atoms with Gasteiger partial charge in [0.25, 0.3) is 0 Å². The van der Waals surface area contributed by atoms with Gasteiger partial charge in [-0.2, -0.15) is 5.26 Å². The first-order valence-electron chi connectivity index (χ1n) is 8.73. The topological polar surface area (TPSA) is 71.3 Å². The molecule has 1 aliphatic rings. The van der Waals surface area contributed by atoms with Crippen molar-refractivity contribution >= 4 is 11.7 Å². The molecule has 3 rings (SSSR count). The van der Waals surface area contributed by atoms with Crippen LogP contribution in [-0.4, -0.2) is 26.2 Å². The standard InChI is InChI=1S/C21H22N2O3/c1-3-26-20(24)11-17(14-7-5-4-6-8-14)18-9-16(25-2)10-19-21(18)15(12-22)13-23-19/h4-10,15,17,23H,3,11,13H2,1-2H3. The first-order valence-corrected chi connectivity index (χ1v) is 8.73. The van der Waals surface area contributed by atoms with Crippen LogP contribution in [0.1, 0.15) is 41.9 Å². The summed E-state index contributed by atoms with van der Waals surface area (Å²) in [5.74, 6) is 0.00109. The fourth-order valence-electron chi connectivity index (χ4n) is 3.49. The molecule has 0 saturated carbocycles. The molecule has 1 N–H and O–H groups in total. The molecule has 2 unspecified atom stereocenters. The second-order valence-corrected chi connectivity index (χ2v) is 6.21. The van der Waals surface area contributed by atoms with E-state index >= 15 is 0 Å². The fraction of sp³-hybridized carbons (Fsp3) is 0.333. The van der Waals surface area contributed by atoms with E-state index in [1.54, 1.807) is 14.0 Å². The number of rotatable bonds is 6. The molecule has 5 heteroatoms. The summed E-state index contributed by atoms with van der Waals surface area (Å²) in [6.45, 7) is 2.71. The van der Waals surface area contributed by atoms with E-state index in [4.69, 9.17) is 9.47 Å². The Kier molecular flexibility index (Phi) is 5.43. The Labute approximate surface area is 153 Å². The van der Waals surface area contributed by atoms with Gasteiger partial charge in [-0.05, 0) is 29.7 Å². The highest BCUT2D eigenvalue weighted by molar-refractivity contribution is 5.73. The summed E-state index contributed by atoms with van der Waals surface area (Å²) in [6, 6.07) is 16.1. The molecule has 2 aromatic rings. The molecule has 0 spiro atoms. The van der Waals surface area contributed by atoms with Gasteiger partial charge in [0.1, 0.15) is 5.75 Å². The number of nitriles is 1. The monoisotopic (exact) mass is 350 g/mol. The molecule has 2 atom stereocenters. The Balaban J connectivity index is 2.13. The Morgan fingerprint density at radius 1 is 1.35 bits per heavy atom. The zero-order valence-electron chi connectivity index (χ0n) is 15.0. The summed E-state index contributed by atoms with van der Waals surface area (Å²) in [6.07, 6.45) is 0.218. The van der Waals surface area contributed by atoms with E-state index in [0.29, 0.717) is 18.9 Å². The first kappa shape index (κ1) is 17.8. The second-order valence-electron chi connectivity index (χ2n) is 6.21. The van der Waals surface area contributed by atoms with E-state index in [2.05, 4.69) is 11.4 Å². The van der Waals surface area contributed by atoms with E-state index in [1.807, 2.05) is 42.5 Å². The molecule has 5 nitrogen and oxygen atoms in total. The number of anilines is 1. The molecule has 26 heavy (non-hydrogen) atoms. The van der Waals surface area contributed by atoms with Crippen LogP contribution in [0.3, 0.4) is 0 Å². The molecular formula is C21H22N2O3. The molecule has 0 aromatic heterocycles. The van der Waals surface area contributed by atoms with Gasteiger partial charge in [0.15, 0.2) is 0 Å². The predicted octanol–water partition coefficient (Wildman–Crippen LogP) is 3.81. The zero-order chi connectivity index (χ0) is 18.5. The van der Waals surface area contributed by atoms with Gasteiger partial charge in [-0.15, -0.1) is 0 Å². The SMILES string of the molecule is CCOC(=O)CC(c1ccccc1)c1cc(OC)cc2c1C(C#N)CN2. The molecule has 1 heterocycles. The van der Waals surface area contributed by atoms with Gasteiger partial charge in [0.2, 0.25) is 0 Å². The molecule has 134 valence electrons. The maximum absolute atomic E-state index is 12.3. The highest BCUT2D eigenvalue weighted by Gasteiger charge is 2.31. The number of carbonyl (C=O) groups is 1. The molecule has 0 saturated heterocycles. The smallest absolute Gasteiger partial charge is 0.306 e. The van der Waals surface area contributed by atoms with Crippen LogP contribution in [0.4, 0.5) is 5.69 Å². The van der Waals surface area contributed by atoms with Gasteiger partial charge in [-0.1, -0.05) is 30.3 Å². The Hall–Kier alpha value is -3.00. The van der Waals surface area contributed by atoms with Crippen LogP contribution in [0.15, 0.2) is 42.5 Å². The summed E-state index contributed by atoms with van der Waals surface area (Å²) < 4.78 is 10.6. The second kappa shape index (κ2) is 7.92. The van der Waals surface area contributed by atoms with Crippen molar-refractivity contribution in [3.63, 3.8) is 0 Å². The maximum atomic E-state index is 12.3. The minimum atomic E-state index is -0.252. The number of nitrogens with one attached hydrogen (secondary N) is 1. The van der Waals surface area contributed by atoms with Crippen LogP contribution in [-0.2, 0) is 9.53 Å². The number of nitrogens with zero attached hydrogens (tertiary/aromatic N) is 1. The first-order chi connectivity index (χ1) is 12.7. The van der Waals surface area contributed by atoms with Gasteiger partial charge in [0, 0.05) is 24.2 Å². The van der Waals surface area contributed by atoms with Gasteiger partial charge >= 0.3 is 5.97 Å². The lowest BCUT2D eigenvalue weighted by Gasteiger charge is -2.22. The lowest BCUT2D eigenvalue weighted by Crippen LogP contribution is -2.14. The lowest BCUT2D eigenvalue weighted by molar-refractivity contribution is -0.143. The predicted molar refractivity (Wildman–Crippen MR) is 99.4 cm³/mol. The number of esters is 1. The van der Waals surface area contributed by atoms with Crippen molar-refractivity contribution in [1.82, 2.24) is 0 Å².